The number of halogens is 3. The minimum atomic E-state index is -0.596. The first kappa shape index (κ1) is 16.4. The molecule has 120 valence electrons. The van der Waals surface area contributed by atoms with Gasteiger partial charge in [-0.15, -0.1) is 0 Å². The van der Waals surface area contributed by atoms with Crippen molar-refractivity contribution in [2.75, 3.05) is 10.6 Å². The van der Waals surface area contributed by atoms with E-state index in [1.165, 1.54) is 0 Å². The largest absolute Gasteiger partial charge is 0.479 e. The van der Waals surface area contributed by atoms with Gasteiger partial charge in [0.15, 0.2) is 6.10 Å². The third-order valence-electron chi connectivity index (χ3n) is 3.62. The van der Waals surface area contributed by atoms with Gasteiger partial charge in [0.05, 0.1) is 12.2 Å². The van der Waals surface area contributed by atoms with Crippen LogP contribution in [-0.4, -0.2) is 12.0 Å². The van der Waals surface area contributed by atoms with Gasteiger partial charge in [-0.3, -0.25) is 4.79 Å². The SMILES string of the molecule is C[C@H]1Oc2cc(N)c(Br)cc2N(Cc2cc(Cl)ccc2Cl)C1=O. The minimum Gasteiger partial charge on any atom is -0.479 e. The molecule has 7 heteroatoms. The van der Waals surface area contributed by atoms with Gasteiger partial charge in [0.2, 0.25) is 0 Å². The molecule has 0 aliphatic carbocycles. The number of benzene rings is 2. The summed E-state index contributed by atoms with van der Waals surface area (Å²) in [7, 11) is 0. The zero-order chi connectivity index (χ0) is 16.7. The number of rotatable bonds is 2. The number of nitrogen functional groups attached to an aromatic ring is 1. The van der Waals surface area contributed by atoms with Gasteiger partial charge in [0.1, 0.15) is 5.75 Å². The lowest BCUT2D eigenvalue weighted by atomic mass is 10.1. The number of fused-ring (bicyclic) bond motifs is 1. The lowest BCUT2D eigenvalue weighted by Gasteiger charge is -2.33. The van der Waals surface area contributed by atoms with Crippen LogP contribution in [0.1, 0.15) is 12.5 Å². The van der Waals surface area contributed by atoms with Gasteiger partial charge in [0, 0.05) is 26.3 Å². The zero-order valence-corrected chi connectivity index (χ0v) is 15.2. The quantitative estimate of drug-likeness (QED) is 0.726. The fourth-order valence-electron chi connectivity index (χ4n) is 2.44. The number of carbonyl (C=O) groups is 1. The van der Waals surface area contributed by atoms with E-state index in [-0.39, 0.29) is 5.91 Å². The fraction of sp³-hybridized carbons (Fsp3) is 0.188. The molecule has 3 rings (SSSR count). The third kappa shape index (κ3) is 3.13. The molecule has 2 aromatic rings. The Bertz CT molecular complexity index is 798. The highest BCUT2D eigenvalue weighted by Crippen LogP contribution is 2.40. The molecule has 0 spiro atoms. The van der Waals surface area contributed by atoms with Crippen LogP contribution in [0.5, 0.6) is 5.75 Å². The van der Waals surface area contributed by atoms with Gasteiger partial charge < -0.3 is 15.4 Å². The summed E-state index contributed by atoms with van der Waals surface area (Å²) in [4.78, 5) is 14.2. The molecule has 4 nitrogen and oxygen atoms in total. The molecule has 0 radical (unpaired) electrons. The Labute approximate surface area is 152 Å². The second-order valence-corrected chi connectivity index (χ2v) is 6.96. The van der Waals surface area contributed by atoms with Crippen molar-refractivity contribution in [3.63, 3.8) is 0 Å². The summed E-state index contributed by atoms with van der Waals surface area (Å²) in [5, 5.41) is 1.12. The molecule has 0 saturated heterocycles. The van der Waals surface area contributed by atoms with Gasteiger partial charge in [-0.25, -0.2) is 0 Å². The van der Waals surface area contributed by atoms with Crippen LogP contribution >= 0.6 is 39.1 Å². The van der Waals surface area contributed by atoms with Crippen LogP contribution in [0.3, 0.4) is 0 Å². The van der Waals surface area contributed by atoms with E-state index in [4.69, 9.17) is 33.7 Å². The lowest BCUT2D eigenvalue weighted by molar-refractivity contribution is -0.125. The van der Waals surface area contributed by atoms with Crippen LogP contribution < -0.4 is 15.4 Å². The van der Waals surface area contributed by atoms with E-state index in [1.807, 2.05) is 0 Å². The van der Waals surface area contributed by atoms with Gasteiger partial charge in [-0.2, -0.15) is 0 Å². The van der Waals surface area contributed by atoms with Gasteiger partial charge in [-0.05, 0) is 52.7 Å². The van der Waals surface area contributed by atoms with E-state index in [0.29, 0.717) is 38.2 Å². The van der Waals surface area contributed by atoms with E-state index in [2.05, 4.69) is 15.9 Å². The number of anilines is 2. The van der Waals surface area contributed by atoms with Crippen LogP contribution in [0.4, 0.5) is 11.4 Å². The lowest BCUT2D eigenvalue weighted by Crippen LogP contribution is -2.44. The Hall–Kier alpha value is -1.43. The minimum absolute atomic E-state index is 0.148. The van der Waals surface area contributed by atoms with E-state index < -0.39 is 6.10 Å². The fourth-order valence-corrected chi connectivity index (χ4v) is 3.14. The number of nitrogens with two attached hydrogens (primary N) is 1. The Kier molecular flexibility index (Phi) is 4.45. The highest BCUT2D eigenvalue weighted by Gasteiger charge is 2.32. The van der Waals surface area contributed by atoms with E-state index >= 15 is 0 Å². The zero-order valence-electron chi connectivity index (χ0n) is 12.1. The Morgan fingerprint density at radius 3 is 2.78 bits per heavy atom. The third-order valence-corrected chi connectivity index (χ3v) is 4.91. The average Bonchev–Trinajstić information content (AvgIpc) is 2.50. The Balaban J connectivity index is 2.06. The maximum Gasteiger partial charge on any atom is 0.268 e. The molecule has 1 heterocycles. The molecular weight excluding hydrogens is 403 g/mol. The van der Waals surface area contributed by atoms with Gasteiger partial charge in [0.25, 0.3) is 5.91 Å². The van der Waals surface area contributed by atoms with E-state index in [0.717, 1.165) is 5.56 Å². The molecular formula is C16H13BrCl2N2O2. The van der Waals surface area contributed by atoms with Crippen LogP contribution in [-0.2, 0) is 11.3 Å². The van der Waals surface area contributed by atoms with E-state index in [1.54, 1.807) is 42.2 Å². The number of hydrogen-bond acceptors (Lipinski definition) is 3. The van der Waals surface area contributed by atoms with Crippen molar-refractivity contribution in [1.82, 2.24) is 0 Å². The summed E-state index contributed by atoms with van der Waals surface area (Å²) >= 11 is 15.6. The molecule has 0 fully saturated rings. The standard InChI is InChI=1S/C16H13BrCl2N2O2/c1-8-16(22)21(7-9-4-10(18)2-3-12(9)19)14-5-11(17)13(20)6-15(14)23-8/h2-6,8H,7,20H2,1H3/t8-/m1/s1. The smallest absolute Gasteiger partial charge is 0.268 e. The molecule has 0 bridgehead atoms. The number of hydrogen-bond donors (Lipinski definition) is 1. The first-order chi connectivity index (χ1) is 10.9. The van der Waals surface area contributed by atoms with Crippen molar-refractivity contribution in [3.8, 4) is 5.75 Å². The second-order valence-electron chi connectivity index (χ2n) is 5.26. The molecule has 2 aromatic carbocycles. The van der Waals surface area contributed by atoms with Crippen molar-refractivity contribution in [1.29, 1.82) is 0 Å². The molecule has 1 aliphatic heterocycles. The number of amides is 1. The van der Waals surface area contributed by atoms with E-state index in [9.17, 15) is 4.79 Å². The maximum absolute atomic E-state index is 12.6. The van der Waals surface area contributed by atoms with Crippen LogP contribution in [0.25, 0.3) is 0 Å². The van der Waals surface area contributed by atoms with Crippen LogP contribution in [0.15, 0.2) is 34.8 Å². The molecule has 0 unspecified atom stereocenters. The molecule has 1 amide bonds. The predicted molar refractivity (Wildman–Crippen MR) is 96.3 cm³/mol. The Morgan fingerprint density at radius 1 is 1.30 bits per heavy atom. The maximum atomic E-state index is 12.6. The number of carbonyl (C=O) groups excluding carboxylic acids is 1. The average molecular weight is 416 g/mol. The topological polar surface area (TPSA) is 55.6 Å². The summed E-state index contributed by atoms with van der Waals surface area (Å²) in [6.45, 7) is 2.01. The summed E-state index contributed by atoms with van der Waals surface area (Å²) in [6, 6.07) is 8.65. The number of ether oxygens (including phenoxy) is 1. The molecule has 1 aliphatic rings. The van der Waals surface area contributed by atoms with Gasteiger partial charge in [-0.1, -0.05) is 23.2 Å². The highest BCUT2D eigenvalue weighted by molar-refractivity contribution is 9.10. The first-order valence-corrected chi connectivity index (χ1v) is 8.42. The molecule has 0 saturated carbocycles. The van der Waals surface area contributed by atoms with Gasteiger partial charge >= 0.3 is 0 Å². The summed E-state index contributed by atoms with van der Waals surface area (Å²) in [6.07, 6.45) is -0.596. The predicted octanol–water partition coefficient (Wildman–Crippen LogP) is 4.65. The van der Waals surface area contributed by atoms with Crippen molar-refractivity contribution in [2.24, 2.45) is 0 Å². The normalized spacial score (nSPS) is 17.0. The molecule has 1 atom stereocenters. The van der Waals surface area contributed by atoms with Crippen molar-refractivity contribution >= 4 is 56.4 Å². The molecule has 0 aromatic heterocycles. The number of nitrogens with zero attached hydrogens (tertiary/aromatic N) is 1. The van der Waals surface area contributed by atoms with Crippen molar-refractivity contribution in [3.05, 3.63) is 50.4 Å². The summed E-state index contributed by atoms with van der Waals surface area (Å²) in [5.41, 5.74) is 7.85. The highest BCUT2D eigenvalue weighted by atomic mass is 79.9. The van der Waals surface area contributed by atoms with Crippen molar-refractivity contribution < 1.29 is 9.53 Å². The Morgan fingerprint density at radius 2 is 2.04 bits per heavy atom. The van der Waals surface area contributed by atoms with Crippen molar-refractivity contribution in [2.45, 2.75) is 19.6 Å². The van der Waals surface area contributed by atoms with Crippen LogP contribution in [0, 0.1) is 0 Å². The summed E-state index contributed by atoms with van der Waals surface area (Å²) < 4.78 is 6.35. The molecule has 23 heavy (non-hydrogen) atoms. The van der Waals surface area contributed by atoms with Crippen LogP contribution in [0.2, 0.25) is 10.0 Å². The summed E-state index contributed by atoms with van der Waals surface area (Å²) in [5.74, 6) is 0.418. The first-order valence-electron chi connectivity index (χ1n) is 6.88. The monoisotopic (exact) mass is 414 g/mol. The second kappa shape index (κ2) is 6.23. The molecule has 2 N–H and O–H groups in total.